The molecule has 0 fully saturated rings. The zero-order valence-electron chi connectivity index (χ0n) is 11.6. The molecule has 2 N–H and O–H groups in total. The number of aliphatic carboxylic acids is 1. The van der Waals surface area contributed by atoms with Gasteiger partial charge in [0.05, 0.1) is 0 Å². The van der Waals surface area contributed by atoms with Crippen molar-refractivity contribution in [3.63, 3.8) is 0 Å². The summed E-state index contributed by atoms with van der Waals surface area (Å²) in [4.78, 5) is 11.2. The Hall–Kier alpha value is -1.77. The molecule has 0 radical (unpaired) electrons. The lowest BCUT2D eigenvalue weighted by molar-refractivity contribution is -0.138. The van der Waals surface area contributed by atoms with Crippen molar-refractivity contribution in [2.24, 2.45) is 0 Å². The van der Waals surface area contributed by atoms with Crippen molar-refractivity contribution < 1.29 is 9.90 Å². The average Bonchev–Trinajstić information content (AvgIpc) is 2.37. The Morgan fingerprint density at radius 2 is 2.21 bits per heavy atom. The first kappa shape index (κ1) is 15.3. The first-order valence-corrected chi connectivity index (χ1v) is 6.80. The number of carbonyl (C=O) groups is 1. The molecule has 1 aromatic rings. The standard InChI is InChI=1S/C16H23NO2/c1-3-4-5-6-7-11-15(16(18)19)17-14-10-8-9-13(2)12-14/h3,8-10,12,15,17H,1,4-7,11H2,2H3,(H,18,19)/t15-/m0/s1. The van der Waals surface area contributed by atoms with E-state index in [1.807, 2.05) is 37.3 Å². The number of carboxylic acid groups (broad SMARTS) is 1. The second-order valence-electron chi connectivity index (χ2n) is 4.83. The quantitative estimate of drug-likeness (QED) is 0.522. The number of nitrogens with one attached hydrogen (secondary N) is 1. The molecule has 0 bridgehead atoms. The molecule has 3 nitrogen and oxygen atoms in total. The van der Waals surface area contributed by atoms with Gasteiger partial charge in [-0.25, -0.2) is 4.79 Å². The van der Waals surface area contributed by atoms with Gasteiger partial charge in [-0.1, -0.05) is 31.1 Å². The molecule has 0 aliphatic rings. The first-order chi connectivity index (χ1) is 9.13. The van der Waals surface area contributed by atoms with E-state index < -0.39 is 12.0 Å². The van der Waals surface area contributed by atoms with Gasteiger partial charge in [0.15, 0.2) is 0 Å². The van der Waals surface area contributed by atoms with Crippen LogP contribution in [0.5, 0.6) is 0 Å². The predicted octanol–water partition coefficient (Wildman–Crippen LogP) is 4.00. The van der Waals surface area contributed by atoms with Crippen molar-refractivity contribution in [1.29, 1.82) is 0 Å². The Morgan fingerprint density at radius 3 is 2.84 bits per heavy atom. The third kappa shape index (κ3) is 6.09. The van der Waals surface area contributed by atoms with E-state index >= 15 is 0 Å². The molecular formula is C16H23NO2. The molecule has 0 heterocycles. The van der Waals surface area contributed by atoms with Gasteiger partial charge in [-0.2, -0.15) is 0 Å². The van der Waals surface area contributed by atoms with E-state index in [-0.39, 0.29) is 0 Å². The summed E-state index contributed by atoms with van der Waals surface area (Å²) >= 11 is 0. The van der Waals surface area contributed by atoms with Gasteiger partial charge in [-0.3, -0.25) is 0 Å². The van der Waals surface area contributed by atoms with E-state index in [9.17, 15) is 9.90 Å². The van der Waals surface area contributed by atoms with Crippen LogP contribution in [0.15, 0.2) is 36.9 Å². The third-order valence-corrected chi connectivity index (χ3v) is 3.06. The molecular weight excluding hydrogens is 238 g/mol. The molecule has 0 saturated carbocycles. The molecule has 1 rings (SSSR count). The minimum Gasteiger partial charge on any atom is -0.480 e. The lowest BCUT2D eigenvalue weighted by Gasteiger charge is -2.16. The minimum absolute atomic E-state index is 0.509. The van der Waals surface area contributed by atoms with Crippen LogP contribution < -0.4 is 5.32 Å². The molecule has 1 atom stereocenters. The summed E-state index contributed by atoms with van der Waals surface area (Å²) in [6, 6.07) is 7.29. The van der Waals surface area contributed by atoms with Gasteiger partial charge in [0.1, 0.15) is 6.04 Å². The fraction of sp³-hybridized carbons (Fsp3) is 0.438. The zero-order valence-corrected chi connectivity index (χ0v) is 11.6. The number of aryl methyl sites for hydroxylation is 1. The van der Waals surface area contributed by atoms with Crippen molar-refractivity contribution in [2.75, 3.05) is 5.32 Å². The molecule has 0 aliphatic heterocycles. The van der Waals surface area contributed by atoms with Crippen molar-refractivity contribution in [1.82, 2.24) is 0 Å². The maximum Gasteiger partial charge on any atom is 0.326 e. The highest BCUT2D eigenvalue weighted by Gasteiger charge is 2.16. The van der Waals surface area contributed by atoms with Crippen LogP contribution in [0.25, 0.3) is 0 Å². The monoisotopic (exact) mass is 261 g/mol. The van der Waals surface area contributed by atoms with Gasteiger partial charge >= 0.3 is 5.97 Å². The van der Waals surface area contributed by atoms with Crippen LogP contribution in [0.3, 0.4) is 0 Å². The van der Waals surface area contributed by atoms with E-state index in [2.05, 4.69) is 11.9 Å². The number of unbranched alkanes of at least 4 members (excludes halogenated alkanes) is 3. The summed E-state index contributed by atoms with van der Waals surface area (Å²) < 4.78 is 0. The van der Waals surface area contributed by atoms with Crippen LogP contribution >= 0.6 is 0 Å². The second kappa shape index (κ2) is 8.35. The normalized spacial score (nSPS) is 11.8. The molecule has 104 valence electrons. The molecule has 19 heavy (non-hydrogen) atoms. The summed E-state index contributed by atoms with van der Waals surface area (Å²) in [5.74, 6) is -0.787. The van der Waals surface area contributed by atoms with Crippen molar-refractivity contribution in [3.05, 3.63) is 42.5 Å². The number of allylic oxidation sites excluding steroid dienone is 1. The molecule has 0 aliphatic carbocycles. The summed E-state index contributed by atoms with van der Waals surface area (Å²) in [7, 11) is 0. The molecule has 0 spiro atoms. The van der Waals surface area contributed by atoms with E-state index in [1.54, 1.807) is 0 Å². The highest BCUT2D eigenvalue weighted by molar-refractivity contribution is 5.77. The van der Waals surface area contributed by atoms with Crippen molar-refractivity contribution >= 4 is 11.7 Å². The summed E-state index contributed by atoms with van der Waals surface area (Å²) in [5.41, 5.74) is 2.00. The predicted molar refractivity (Wildman–Crippen MR) is 79.5 cm³/mol. The van der Waals surface area contributed by atoms with Gasteiger partial charge < -0.3 is 10.4 Å². The summed E-state index contributed by atoms with van der Waals surface area (Å²) in [6.07, 6.45) is 6.61. The molecule has 0 saturated heterocycles. The minimum atomic E-state index is -0.787. The Labute approximate surface area is 115 Å². The highest BCUT2D eigenvalue weighted by atomic mass is 16.4. The van der Waals surface area contributed by atoms with Crippen LogP contribution in [0.1, 0.15) is 37.7 Å². The lowest BCUT2D eigenvalue weighted by Crippen LogP contribution is -2.29. The summed E-state index contributed by atoms with van der Waals surface area (Å²) in [5, 5.41) is 12.3. The van der Waals surface area contributed by atoms with Gasteiger partial charge in [-0.15, -0.1) is 6.58 Å². The van der Waals surface area contributed by atoms with E-state index in [4.69, 9.17) is 0 Å². The second-order valence-corrected chi connectivity index (χ2v) is 4.83. The average molecular weight is 261 g/mol. The Morgan fingerprint density at radius 1 is 1.42 bits per heavy atom. The maximum absolute atomic E-state index is 11.2. The van der Waals surface area contributed by atoms with Crippen LogP contribution in [0.4, 0.5) is 5.69 Å². The number of benzene rings is 1. The van der Waals surface area contributed by atoms with E-state index in [1.165, 1.54) is 0 Å². The Bertz CT molecular complexity index is 415. The fourth-order valence-corrected chi connectivity index (χ4v) is 2.01. The number of hydrogen-bond donors (Lipinski definition) is 2. The third-order valence-electron chi connectivity index (χ3n) is 3.06. The number of hydrogen-bond acceptors (Lipinski definition) is 2. The van der Waals surface area contributed by atoms with Crippen molar-refractivity contribution in [3.8, 4) is 0 Å². The van der Waals surface area contributed by atoms with Crippen LogP contribution in [0, 0.1) is 6.92 Å². The topological polar surface area (TPSA) is 49.3 Å². The lowest BCUT2D eigenvalue weighted by atomic mass is 10.1. The van der Waals surface area contributed by atoms with Gasteiger partial charge in [0, 0.05) is 5.69 Å². The van der Waals surface area contributed by atoms with Crippen molar-refractivity contribution in [2.45, 2.75) is 45.1 Å². The molecule has 1 aromatic carbocycles. The fourth-order valence-electron chi connectivity index (χ4n) is 2.01. The zero-order chi connectivity index (χ0) is 14.1. The highest BCUT2D eigenvalue weighted by Crippen LogP contribution is 2.14. The maximum atomic E-state index is 11.2. The summed E-state index contributed by atoms with van der Waals surface area (Å²) in [6.45, 7) is 5.68. The SMILES string of the molecule is C=CCCCCC[C@H](Nc1cccc(C)c1)C(=O)O. The Balaban J connectivity index is 2.44. The molecule has 0 amide bonds. The van der Waals surface area contributed by atoms with Crippen LogP contribution in [-0.4, -0.2) is 17.1 Å². The van der Waals surface area contributed by atoms with Gasteiger partial charge in [0.25, 0.3) is 0 Å². The first-order valence-electron chi connectivity index (χ1n) is 6.80. The molecule has 0 aromatic heterocycles. The molecule has 0 unspecified atom stereocenters. The number of rotatable bonds is 9. The molecule has 3 heteroatoms. The largest absolute Gasteiger partial charge is 0.480 e. The van der Waals surface area contributed by atoms with Crippen LogP contribution in [0.2, 0.25) is 0 Å². The number of carboxylic acids is 1. The van der Waals surface area contributed by atoms with E-state index in [0.717, 1.165) is 36.9 Å². The smallest absolute Gasteiger partial charge is 0.326 e. The van der Waals surface area contributed by atoms with Crippen LogP contribution in [-0.2, 0) is 4.79 Å². The Kier molecular flexibility index (Phi) is 6.72. The number of anilines is 1. The van der Waals surface area contributed by atoms with Gasteiger partial charge in [0.2, 0.25) is 0 Å². The van der Waals surface area contributed by atoms with E-state index in [0.29, 0.717) is 6.42 Å². The van der Waals surface area contributed by atoms with Gasteiger partial charge in [-0.05, 0) is 43.9 Å².